The summed E-state index contributed by atoms with van der Waals surface area (Å²) in [5.41, 5.74) is 5.31. The molecule has 1 aromatic heterocycles. The van der Waals surface area contributed by atoms with Crippen LogP contribution in [0.5, 0.6) is 0 Å². The number of aromatic nitrogens is 1. The van der Waals surface area contributed by atoms with Crippen molar-refractivity contribution in [3.05, 3.63) is 10.6 Å². The van der Waals surface area contributed by atoms with E-state index in [0.717, 1.165) is 11.3 Å². The van der Waals surface area contributed by atoms with Gasteiger partial charge in [0.2, 0.25) is 0 Å². The summed E-state index contributed by atoms with van der Waals surface area (Å²) in [5.74, 6) is 0. The van der Waals surface area contributed by atoms with E-state index in [1.807, 2.05) is 0 Å². The Morgan fingerprint density at radius 2 is 2.21 bits per heavy atom. The Bertz CT molecular complexity index is 443. The molecule has 0 aliphatic carbocycles. The number of thiazole rings is 1. The summed E-state index contributed by atoms with van der Waals surface area (Å²) >= 11 is 1.11. The molecule has 1 amide bonds. The minimum Gasteiger partial charge on any atom is -0.444 e. The molecule has 0 bridgehead atoms. The van der Waals surface area contributed by atoms with Crippen molar-refractivity contribution in [1.82, 2.24) is 4.98 Å². The van der Waals surface area contributed by atoms with Crippen molar-refractivity contribution in [2.24, 2.45) is 5.73 Å². The number of carbonyl (C=O) groups excluding carboxylic acids is 1. The first-order chi connectivity index (χ1) is 8.73. The normalized spacial score (nSPS) is 13.2. The van der Waals surface area contributed by atoms with Gasteiger partial charge in [-0.1, -0.05) is 11.3 Å². The van der Waals surface area contributed by atoms with Crippen molar-refractivity contribution < 1.29 is 13.9 Å². The van der Waals surface area contributed by atoms with Crippen LogP contribution in [0, 0.1) is 6.92 Å². The average molecular weight is 289 g/mol. The number of alkyl halides is 1. The molecule has 1 heterocycles. The molecule has 1 rings (SSSR count). The fraction of sp³-hybridized carbons (Fsp3) is 0.667. The molecule has 108 valence electrons. The number of carbonyl (C=O) groups is 1. The zero-order chi connectivity index (χ0) is 14.6. The monoisotopic (exact) mass is 289 g/mol. The SMILES string of the molecule is Cc1nc(NC(=O)OC(C)(C)C)sc1C(F)CCN. The highest BCUT2D eigenvalue weighted by molar-refractivity contribution is 7.16. The van der Waals surface area contributed by atoms with Crippen molar-refractivity contribution in [2.45, 2.75) is 45.9 Å². The second-order valence-corrected chi connectivity index (χ2v) is 6.17. The van der Waals surface area contributed by atoms with Crippen LogP contribution >= 0.6 is 11.3 Å². The highest BCUT2D eigenvalue weighted by Crippen LogP contribution is 2.32. The lowest BCUT2D eigenvalue weighted by Crippen LogP contribution is -2.27. The van der Waals surface area contributed by atoms with Crippen LogP contribution in [0.1, 0.15) is 43.9 Å². The molecule has 0 saturated carbocycles. The molecule has 19 heavy (non-hydrogen) atoms. The van der Waals surface area contributed by atoms with Crippen LogP contribution in [-0.2, 0) is 4.74 Å². The smallest absolute Gasteiger partial charge is 0.413 e. The van der Waals surface area contributed by atoms with Crippen molar-refractivity contribution in [3.63, 3.8) is 0 Å². The van der Waals surface area contributed by atoms with Crippen molar-refractivity contribution >= 4 is 22.6 Å². The van der Waals surface area contributed by atoms with E-state index >= 15 is 0 Å². The van der Waals surface area contributed by atoms with Crippen LogP contribution in [0.25, 0.3) is 0 Å². The van der Waals surface area contributed by atoms with E-state index in [1.165, 1.54) is 0 Å². The Hall–Kier alpha value is -1.21. The third kappa shape index (κ3) is 5.12. The lowest BCUT2D eigenvalue weighted by molar-refractivity contribution is 0.0636. The van der Waals surface area contributed by atoms with Gasteiger partial charge >= 0.3 is 6.09 Å². The maximum Gasteiger partial charge on any atom is 0.413 e. The molecule has 1 atom stereocenters. The first-order valence-electron chi connectivity index (χ1n) is 6.04. The number of ether oxygens (including phenoxy) is 1. The largest absolute Gasteiger partial charge is 0.444 e. The average Bonchev–Trinajstić information content (AvgIpc) is 2.56. The number of hydrogen-bond donors (Lipinski definition) is 2. The van der Waals surface area contributed by atoms with E-state index in [2.05, 4.69) is 10.3 Å². The van der Waals surface area contributed by atoms with Gasteiger partial charge < -0.3 is 10.5 Å². The second-order valence-electron chi connectivity index (χ2n) is 5.14. The lowest BCUT2D eigenvalue weighted by atomic mass is 10.2. The van der Waals surface area contributed by atoms with Crippen molar-refractivity contribution in [2.75, 3.05) is 11.9 Å². The van der Waals surface area contributed by atoms with E-state index in [-0.39, 0.29) is 13.0 Å². The molecule has 0 saturated heterocycles. The number of halogens is 1. The van der Waals surface area contributed by atoms with Gasteiger partial charge in [-0.25, -0.2) is 14.2 Å². The van der Waals surface area contributed by atoms with Gasteiger partial charge in [-0.15, -0.1) is 0 Å². The Kier molecular flexibility index (Phi) is 5.25. The summed E-state index contributed by atoms with van der Waals surface area (Å²) in [4.78, 5) is 16.2. The predicted octanol–water partition coefficient (Wildman–Crippen LogP) is 3.16. The molecular formula is C12H20FN3O2S. The predicted molar refractivity (Wildman–Crippen MR) is 74.2 cm³/mol. The van der Waals surface area contributed by atoms with Crippen LogP contribution in [0.2, 0.25) is 0 Å². The number of hydrogen-bond acceptors (Lipinski definition) is 5. The lowest BCUT2D eigenvalue weighted by Gasteiger charge is -2.18. The first kappa shape index (κ1) is 15.8. The number of rotatable bonds is 4. The zero-order valence-electron chi connectivity index (χ0n) is 11.6. The quantitative estimate of drug-likeness (QED) is 0.892. The third-order valence-electron chi connectivity index (χ3n) is 2.14. The maximum atomic E-state index is 13.8. The van der Waals surface area contributed by atoms with Crippen molar-refractivity contribution in [1.29, 1.82) is 0 Å². The molecule has 0 radical (unpaired) electrons. The number of amides is 1. The zero-order valence-corrected chi connectivity index (χ0v) is 12.4. The van der Waals surface area contributed by atoms with E-state index in [9.17, 15) is 9.18 Å². The first-order valence-corrected chi connectivity index (χ1v) is 6.86. The highest BCUT2D eigenvalue weighted by Gasteiger charge is 2.20. The van der Waals surface area contributed by atoms with Gasteiger partial charge in [0.15, 0.2) is 5.13 Å². The molecule has 0 aliphatic rings. The molecule has 0 aliphatic heterocycles. The van der Waals surface area contributed by atoms with E-state index in [0.29, 0.717) is 15.7 Å². The fourth-order valence-electron chi connectivity index (χ4n) is 1.42. The van der Waals surface area contributed by atoms with Crippen LogP contribution < -0.4 is 11.1 Å². The number of nitrogens with one attached hydrogen (secondary N) is 1. The number of aryl methyl sites for hydroxylation is 1. The summed E-state index contributed by atoms with van der Waals surface area (Å²) in [7, 11) is 0. The van der Waals surface area contributed by atoms with Gasteiger partial charge in [-0.05, 0) is 40.7 Å². The van der Waals surface area contributed by atoms with Gasteiger partial charge in [-0.2, -0.15) is 0 Å². The highest BCUT2D eigenvalue weighted by atomic mass is 32.1. The minimum absolute atomic E-state index is 0.245. The van der Waals surface area contributed by atoms with Gasteiger partial charge in [0.05, 0.1) is 10.6 Å². The summed E-state index contributed by atoms with van der Waals surface area (Å²) < 4.78 is 18.9. The van der Waals surface area contributed by atoms with Crippen LogP contribution in [0.3, 0.4) is 0 Å². The van der Waals surface area contributed by atoms with Crippen LogP contribution in [0.4, 0.5) is 14.3 Å². The van der Waals surface area contributed by atoms with Crippen molar-refractivity contribution in [3.8, 4) is 0 Å². The van der Waals surface area contributed by atoms with Crippen LogP contribution in [0.15, 0.2) is 0 Å². The molecule has 3 N–H and O–H groups in total. The van der Waals surface area contributed by atoms with Gasteiger partial charge in [0.25, 0.3) is 0 Å². The standard InChI is InChI=1S/C12H20FN3O2S/c1-7-9(8(13)5-6-14)19-10(15-7)16-11(17)18-12(2,3)4/h8H,5-6,14H2,1-4H3,(H,15,16,17). The molecule has 0 spiro atoms. The van der Waals surface area contributed by atoms with Gasteiger partial charge in [0, 0.05) is 0 Å². The fourth-order valence-corrected chi connectivity index (χ4v) is 2.38. The molecule has 0 fully saturated rings. The number of nitrogens with zero attached hydrogens (tertiary/aromatic N) is 1. The van der Waals surface area contributed by atoms with Crippen LogP contribution in [-0.4, -0.2) is 23.2 Å². The summed E-state index contributed by atoms with van der Waals surface area (Å²) in [6.07, 6.45) is -1.49. The molecule has 1 aromatic rings. The maximum absolute atomic E-state index is 13.8. The molecule has 0 aromatic carbocycles. The molecule has 5 nitrogen and oxygen atoms in total. The summed E-state index contributed by atoms with van der Waals surface area (Å²) in [6, 6.07) is 0. The van der Waals surface area contributed by atoms with E-state index < -0.39 is 17.9 Å². The molecular weight excluding hydrogens is 269 g/mol. The Morgan fingerprint density at radius 3 is 2.74 bits per heavy atom. The Balaban J connectivity index is 2.71. The van der Waals surface area contributed by atoms with Gasteiger partial charge in [0.1, 0.15) is 11.8 Å². The second kappa shape index (κ2) is 6.29. The van der Waals surface area contributed by atoms with E-state index in [4.69, 9.17) is 10.5 Å². The topological polar surface area (TPSA) is 77.2 Å². The minimum atomic E-state index is -1.14. The summed E-state index contributed by atoms with van der Waals surface area (Å²) in [5, 5.41) is 2.84. The number of nitrogens with two attached hydrogens (primary N) is 1. The van der Waals surface area contributed by atoms with E-state index in [1.54, 1.807) is 27.7 Å². The molecule has 7 heteroatoms. The number of anilines is 1. The Labute approximate surface area is 116 Å². The summed E-state index contributed by atoms with van der Waals surface area (Å²) in [6.45, 7) is 7.28. The third-order valence-corrected chi connectivity index (χ3v) is 3.30. The molecule has 1 unspecified atom stereocenters. The Morgan fingerprint density at radius 1 is 1.58 bits per heavy atom. The van der Waals surface area contributed by atoms with Gasteiger partial charge in [-0.3, -0.25) is 5.32 Å².